The van der Waals surface area contributed by atoms with E-state index in [0.717, 1.165) is 16.7 Å². The van der Waals surface area contributed by atoms with Gasteiger partial charge in [0.25, 0.3) is 0 Å². The number of hydrogen-bond acceptors (Lipinski definition) is 7. The zero-order valence-corrected chi connectivity index (χ0v) is 18.3. The molecule has 0 heterocycles. The van der Waals surface area contributed by atoms with Gasteiger partial charge in [-0.1, -0.05) is 6.07 Å². The van der Waals surface area contributed by atoms with Crippen molar-refractivity contribution >= 4 is 11.9 Å². The first-order valence-electron chi connectivity index (χ1n) is 9.73. The average Bonchev–Trinajstić information content (AvgIpc) is 2.80. The molecule has 8 heteroatoms. The highest BCUT2D eigenvalue weighted by Gasteiger charge is 2.45. The van der Waals surface area contributed by atoms with Gasteiger partial charge in [0.1, 0.15) is 0 Å². The molecule has 0 aliphatic heterocycles. The number of nitrogens with two attached hydrogens (primary N) is 1. The molecule has 1 aliphatic carbocycles. The van der Waals surface area contributed by atoms with Gasteiger partial charge in [-0.3, -0.25) is 9.59 Å². The second-order valence-corrected chi connectivity index (χ2v) is 7.26. The van der Waals surface area contributed by atoms with E-state index in [4.69, 9.17) is 29.4 Å². The topological polar surface area (TPSA) is 106 Å². The highest BCUT2D eigenvalue weighted by molar-refractivity contribution is 5.87. The molecular formula is C23H27NO7. The fraction of sp³-hybridized carbons (Fsp3) is 0.391. The first kappa shape index (κ1) is 22.3. The SMILES string of the molecule is COC(=O)C1Cc2cc(OC)c(OC)cc2C(c2ccc(OC)c(OC)c2)C1C(N)=O. The normalized spacial score (nSPS) is 19.7. The highest BCUT2D eigenvalue weighted by atomic mass is 16.5. The molecule has 0 aromatic heterocycles. The number of hydrogen-bond donors (Lipinski definition) is 1. The lowest BCUT2D eigenvalue weighted by Crippen LogP contribution is -2.43. The van der Waals surface area contributed by atoms with Gasteiger partial charge < -0.3 is 29.4 Å². The van der Waals surface area contributed by atoms with Gasteiger partial charge in [-0.05, 0) is 47.4 Å². The van der Waals surface area contributed by atoms with Crippen LogP contribution in [0.25, 0.3) is 0 Å². The molecule has 1 aliphatic rings. The van der Waals surface area contributed by atoms with Crippen LogP contribution < -0.4 is 24.7 Å². The molecule has 0 saturated heterocycles. The summed E-state index contributed by atoms with van der Waals surface area (Å²) in [7, 11) is 7.47. The van der Waals surface area contributed by atoms with E-state index in [0.29, 0.717) is 29.4 Å². The van der Waals surface area contributed by atoms with Crippen molar-refractivity contribution < 1.29 is 33.3 Å². The summed E-state index contributed by atoms with van der Waals surface area (Å²) in [6.07, 6.45) is 0.291. The van der Waals surface area contributed by atoms with Crippen LogP contribution in [0.2, 0.25) is 0 Å². The number of methoxy groups -OCH3 is 5. The van der Waals surface area contributed by atoms with Crippen molar-refractivity contribution in [3.05, 3.63) is 47.0 Å². The van der Waals surface area contributed by atoms with E-state index in [9.17, 15) is 9.59 Å². The third-order valence-electron chi connectivity index (χ3n) is 5.81. The van der Waals surface area contributed by atoms with Crippen LogP contribution in [0.3, 0.4) is 0 Å². The second kappa shape index (κ2) is 9.16. The van der Waals surface area contributed by atoms with Crippen LogP contribution in [0.1, 0.15) is 22.6 Å². The molecule has 2 aromatic carbocycles. The standard InChI is InChI=1S/C23H27NO7/c1-27-16-7-6-12(9-17(16)28-2)20-14-11-19(30-4)18(29-3)10-13(14)8-15(23(26)31-5)21(20)22(24)25/h6-7,9-11,15,20-21H,8H2,1-5H3,(H2,24,25). The smallest absolute Gasteiger partial charge is 0.309 e. The third kappa shape index (κ3) is 3.97. The molecule has 3 unspecified atom stereocenters. The van der Waals surface area contributed by atoms with Gasteiger partial charge in [-0.2, -0.15) is 0 Å². The Kier molecular flexibility index (Phi) is 6.58. The number of carbonyl (C=O) groups excluding carboxylic acids is 2. The maximum absolute atomic E-state index is 12.6. The van der Waals surface area contributed by atoms with E-state index in [1.165, 1.54) is 14.2 Å². The van der Waals surface area contributed by atoms with Gasteiger partial charge in [0.2, 0.25) is 5.91 Å². The van der Waals surface area contributed by atoms with Gasteiger partial charge in [-0.25, -0.2) is 0 Å². The van der Waals surface area contributed by atoms with Crippen molar-refractivity contribution in [1.82, 2.24) is 0 Å². The summed E-state index contributed by atoms with van der Waals surface area (Å²) in [4.78, 5) is 25.3. The Bertz CT molecular complexity index is 988. The van der Waals surface area contributed by atoms with Crippen LogP contribution >= 0.6 is 0 Å². The zero-order chi connectivity index (χ0) is 22.7. The number of amides is 1. The molecule has 3 atom stereocenters. The fourth-order valence-electron chi connectivity index (χ4n) is 4.37. The first-order valence-corrected chi connectivity index (χ1v) is 9.73. The summed E-state index contributed by atoms with van der Waals surface area (Å²) in [5.41, 5.74) is 8.26. The van der Waals surface area contributed by atoms with Crippen molar-refractivity contribution in [3.8, 4) is 23.0 Å². The summed E-state index contributed by atoms with van der Waals surface area (Å²) in [5, 5.41) is 0. The Morgan fingerprint density at radius 3 is 1.97 bits per heavy atom. The van der Waals surface area contributed by atoms with Gasteiger partial charge >= 0.3 is 5.97 Å². The molecule has 0 saturated carbocycles. The van der Waals surface area contributed by atoms with Crippen LogP contribution in [-0.4, -0.2) is 47.4 Å². The maximum atomic E-state index is 12.6. The predicted molar refractivity (Wildman–Crippen MR) is 113 cm³/mol. The molecule has 8 nitrogen and oxygen atoms in total. The van der Waals surface area contributed by atoms with Crippen LogP contribution in [0, 0.1) is 11.8 Å². The number of carbonyl (C=O) groups is 2. The molecular weight excluding hydrogens is 402 g/mol. The van der Waals surface area contributed by atoms with E-state index >= 15 is 0 Å². The van der Waals surface area contributed by atoms with Crippen LogP contribution in [-0.2, 0) is 20.7 Å². The van der Waals surface area contributed by atoms with Crippen molar-refractivity contribution in [3.63, 3.8) is 0 Å². The van der Waals surface area contributed by atoms with E-state index in [2.05, 4.69) is 0 Å². The fourth-order valence-corrected chi connectivity index (χ4v) is 4.37. The largest absolute Gasteiger partial charge is 0.493 e. The monoisotopic (exact) mass is 429 g/mol. The zero-order valence-electron chi connectivity index (χ0n) is 18.3. The highest BCUT2D eigenvalue weighted by Crippen LogP contribution is 2.48. The molecule has 0 bridgehead atoms. The summed E-state index contributed by atoms with van der Waals surface area (Å²) in [6, 6.07) is 9.05. The maximum Gasteiger partial charge on any atom is 0.309 e. The summed E-state index contributed by atoms with van der Waals surface area (Å²) in [6.45, 7) is 0. The Hall–Kier alpha value is -3.42. The Morgan fingerprint density at radius 1 is 0.839 bits per heavy atom. The Morgan fingerprint density at radius 2 is 1.42 bits per heavy atom. The van der Waals surface area contributed by atoms with Crippen LogP contribution in [0.5, 0.6) is 23.0 Å². The van der Waals surface area contributed by atoms with Crippen molar-refractivity contribution in [2.75, 3.05) is 35.5 Å². The molecule has 0 fully saturated rings. The Balaban J connectivity index is 2.29. The number of rotatable bonds is 7. The third-order valence-corrected chi connectivity index (χ3v) is 5.81. The number of fused-ring (bicyclic) bond motifs is 1. The molecule has 0 radical (unpaired) electrons. The molecule has 166 valence electrons. The summed E-state index contributed by atoms with van der Waals surface area (Å²) in [5.74, 6) is -1.06. The molecule has 0 spiro atoms. The van der Waals surface area contributed by atoms with Crippen molar-refractivity contribution in [2.24, 2.45) is 17.6 Å². The van der Waals surface area contributed by atoms with Gasteiger partial charge in [0.15, 0.2) is 23.0 Å². The van der Waals surface area contributed by atoms with Gasteiger partial charge in [0.05, 0.1) is 47.4 Å². The molecule has 2 N–H and O–H groups in total. The Labute approximate surface area is 181 Å². The number of ether oxygens (including phenoxy) is 5. The number of primary amides is 1. The molecule has 31 heavy (non-hydrogen) atoms. The van der Waals surface area contributed by atoms with Gasteiger partial charge in [-0.15, -0.1) is 0 Å². The molecule has 2 aromatic rings. The lowest BCUT2D eigenvalue weighted by atomic mass is 9.66. The van der Waals surface area contributed by atoms with Crippen molar-refractivity contribution in [1.29, 1.82) is 0 Å². The van der Waals surface area contributed by atoms with E-state index in [-0.39, 0.29) is 0 Å². The van der Waals surface area contributed by atoms with Crippen LogP contribution in [0.15, 0.2) is 30.3 Å². The van der Waals surface area contributed by atoms with E-state index in [1.807, 2.05) is 18.2 Å². The molecule has 3 rings (SSSR count). The predicted octanol–water partition coefficient (Wildman–Crippen LogP) is 2.30. The lowest BCUT2D eigenvalue weighted by Gasteiger charge is -2.37. The minimum Gasteiger partial charge on any atom is -0.493 e. The molecule has 1 amide bonds. The summed E-state index contributed by atoms with van der Waals surface area (Å²) < 4.78 is 26.7. The van der Waals surface area contributed by atoms with E-state index in [1.54, 1.807) is 33.5 Å². The lowest BCUT2D eigenvalue weighted by molar-refractivity contribution is -0.150. The minimum atomic E-state index is -0.823. The number of esters is 1. The second-order valence-electron chi connectivity index (χ2n) is 7.26. The van der Waals surface area contributed by atoms with E-state index < -0.39 is 29.6 Å². The van der Waals surface area contributed by atoms with Gasteiger partial charge in [0, 0.05) is 5.92 Å². The minimum absolute atomic E-state index is 0.291. The quantitative estimate of drug-likeness (QED) is 0.673. The van der Waals surface area contributed by atoms with Crippen LogP contribution in [0.4, 0.5) is 0 Å². The first-order chi connectivity index (χ1) is 14.9. The average molecular weight is 429 g/mol. The number of benzene rings is 2. The van der Waals surface area contributed by atoms with Crippen molar-refractivity contribution in [2.45, 2.75) is 12.3 Å². The summed E-state index contributed by atoms with van der Waals surface area (Å²) >= 11 is 0.